The highest BCUT2D eigenvalue weighted by atomic mass is 32.1. The zero-order valence-electron chi connectivity index (χ0n) is 13.3. The molecule has 1 aliphatic heterocycles. The lowest BCUT2D eigenvalue weighted by molar-refractivity contribution is -0.00523. The summed E-state index contributed by atoms with van der Waals surface area (Å²) in [6, 6.07) is 0.386. The van der Waals surface area contributed by atoms with Crippen molar-refractivity contribution in [1.82, 2.24) is 10.3 Å². The monoisotopic (exact) mass is 297 g/mol. The normalized spacial score (nSPS) is 24.9. The molecule has 0 bridgehead atoms. The molecular formula is C15H27N3OS. The predicted molar refractivity (Wildman–Crippen MR) is 85.8 cm³/mol. The zero-order valence-corrected chi connectivity index (χ0v) is 14.1. The Balaban J connectivity index is 2.10. The SMILES string of the molecule is CCCNC(C)c1sc(N2CC(C)OC(C)C2)nc1C. The highest BCUT2D eigenvalue weighted by molar-refractivity contribution is 7.15. The van der Waals surface area contributed by atoms with E-state index in [9.17, 15) is 0 Å². The highest BCUT2D eigenvalue weighted by Crippen LogP contribution is 2.32. The largest absolute Gasteiger partial charge is 0.372 e. The molecule has 1 saturated heterocycles. The first-order chi connectivity index (χ1) is 9.51. The number of aryl methyl sites for hydroxylation is 1. The van der Waals surface area contributed by atoms with Crippen LogP contribution in [0.2, 0.25) is 0 Å². The van der Waals surface area contributed by atoms with Gasteiger partial charge in [-0.25, -0.2) is 4.98 Å². The van der Waals surface area contributed by atoms with Crippen LogP contribution in [-0.2, 0) is 4.74 Å². The third kappa shape index (κ3) is 3.71. The van der Waals surface area contributed by atoms with E-state index in [1.165, 1.54) is 4.88 Å². The van der Waals surface area contributed by atoms with E-state index in [4.69, 9.17) is 9.72 Å². The summed E-state index contributed by atoms with van der Waals surface area (Å²) >= 11 is 1.83. The molecule has 3 atom stereocenters. The summed E-state index contributed by atoms with van der Waals surface area (Å²) in [5.74, 6) is 0. The molecule has 0 spiro atoms. The maximum absolute atomic E-state index is 5.80. The first-order valence-electron chi connectivity index (χ1n) is 7.62. The first kappa shape index (κ1) is 15.7. The van der Waals surface area contributed by atoms with Gasteiger partial charge in [0, 0.05) is 24.0 Å². The van der Waals surface area contributed by atoms with Crippen LogP contribution in [0.1, 0.15) is 50.7 Å². The summed E-state index contributed by atoms with van der Waals surface area (Å²) in [5, 5.41) is 4.69. The van der Waals surface area contributed by atoms with Gasteiger partial charge in [-0.15, -0.1) is 11.3 Å². The van der Waals surface area contributed by atoms with Crippen molar-refractivity contribution in [3.63, 3.8) is 0 Å². The minimum absolute atomic E-state index is 0.280. The first-order valence-corrected chi connectivity index (χ1v) is 8.44. The summed E-state index contributed by atoms with van der Waals surface area (Å²) in [6.07, 6.45) is 1.72. The van der Waals surface area contributed by atoms with Crippen LogP contribution >= 0.6 is 11.3 Å². The van der Waals surface area contributed by atoms with Gasteiger partial charge in [-0.3, -0.25) is 0 Å². The van der Waals surface area contributed by atoms with E-state index in [1.54, 1.807) is 0 Å². The number of rotatable bonds is 5. The van der Waals surface area contributed by atoms with Crippen LogP contribution in [0, 0.1) is 6.92 Å². The molecule has 4 nitrogen and oxygen atoms in total. The molecule has 2 rings (SSSR count). The van der Waals surface area contributed by atoms with Crippen molar-refractivity contribution in [2.24, 2.45) is 0 Å². The third-order valence-electron chi connectivity index (χ3n) is 3.61. The fourth-order valence-electron chi connectivity index (χ4n) is 2.72. The molecule has 20 heavy (non-hydrogen) atoms. The van der Waals surface area contributed by atoms with Gasteiger partial charge in [0.2, 0.25) is 0 Å². The lowest BCUT2D eigenvalue weighted by atomic mass is 10.2. The number of anilines is 1. The van der Waals surface area contributed by atoms with Gasteiger partial charge in [0.05, 0.1) is 17.9 Å². The van der Waals surface area contributed by atoms with Crippen LogP contribution < -0.4 is 10.2 Å². The molecule has 0 saturated carbocycles. The lowest BCUT2D eigenvalue weighted by Gasteiger charge is -2.35. The van der Waals surface area contributed by atoms with Gasteiger partial charge in [-0.1, -0.05) is 6.92 Å². The summed E-state index contributed by atoms with van der Waals surface area (Å²) < 4.78 is 5.80. The number of nitrogens with one attached hydrogen (secondary N) is 1. The second-order valence-electron chi connectivity index (χ2n) is 5.78. The topological polar surface area (TPSA) is 37.4 Å². The molecule has 0 amide bonds. The average molecular weight is 297 g/mol. The van der Waals surface area contributed by atoms with Crippen molar-refractivity contribution in [2.45, 2.75) is 59.3 Å². The van der Waals surface area contributed by atoms with E-state index in [-0.39, 0.29) is 12.2 Å². The Morgan fingerprint density at radius 1 is 1.40 bits per heavy atom. The maximum atomic E-state index is 5.80. The van der Waals surface area contributed by atoms with Crippen molar-refractivity contribution >= 4 is 16.5 Å². The molecule has 0 radical (unpaired) electrons. The van der Waals surface area contributed by atoms with Gasteiger partial charge >= 0.3 is 0 Å². The predicted octanol–water partition coefficient (Wildman–Crippen LogP) is 3.13. The Bertz CT molecular complexity index is 425. The highest BCUT2D eigenvalue weighted by Gasteiger charge is 2.25. The van der Waals surface area contributed by atoms with E-state index in [2.05, 4.69) is 44.8 Å². The van der Waals surface area contributed by atoms with Crippen molar-refractivity contribution in [1.29, 1.82) is 0 Å². The fraction of sp³-hybridized carbons (Fsp3) is 0.800. The molecule has 1 aromatic heterocycles. The Morgan fingerprint density at radius 3 is 2.65 bits per heavy atom. The molecule has 1 aromatic rings. The van der Waals surface area contributed by atoms with Crippen molar-refractivity contribution < 1.29 is 4.74 Å². The lowest BCUT2D eigenvalue weighted by Crippen LogP contribution is -2.45. The third-order valence-corrected chi connectivity index (χ3v) is 5.01. The Labute approximate surface area is 126 Å². The second-order valence-corrected chi connectivity index (χ2v) is 6.79. The van der Waals surface area contributed by atoms with Gasteiger partial charge in [0.25, 0.3) is 0 Å². The summed E-state index contributed by atoms with van der Waals surface area (Å²) in [7, 11) is 0. The van der Waals surface area contributed by atoms with E-state index in [0.29, 0.717) is 6.04 Å². The molecule has 1 fully saturated rings. The minimum atomic E-state index is 0.280. The molecule has 5 heteroatoms. The van der Waals surface area contributed by atoms with Gasteiger partial charge in [0.15, 0.2) is 5.13 Å². The van der Waals surface area contributed by atoms with Crippen molar-refractivity contribution in [3.05, 3.63) is 10.6 Å². The van der Waals surface area contributed by atoms with E-state index in [1.807, 2.05) is 11.3 Å². The van der Waals surface area contributed by atoms with Crippen LogP contribution in [0.15, 0.2) is 0 Å². The smallest absolute Gasteiger partial charge is 0.186 e. The number of aromatic nitrogens is 1. The van der Waals surface area contributed by atoms with Crippen LogP contribution in [0.3, 0.4) is 0 Å². The summed E-state index contributed by atoms with van der Waals surface area (Å²) in [4.78, 5) is 8.51. The fourth-order valence-corrected chi connectivity index (χ4v) is 3.83. The number of nitrogens with zero attached hydrogens (tertiary/aromatic N) is 2. The van der Waals surface area contributed by atoms with Gasteiger partial charge in [-0.05, 0) is 40.7 Å². The van der Waals surface area contributed by atoms with Crippen LogP contribution in [0.4, 0.5) is 5.13 Å². The molecule has 3 unspecified atom stereocenters. The number of ether oxygens (including phenoxy) is 1. The Hall–Kier alpha value is -0.650. The number of hydrogen-bond donors (Lipinski definition) is 1. The number of morpholine rings is 1. The Morgan fingerprint density at radius 2 is 2.05 bits per heavy atom. The maximum Gasteiger partial charge on any atom is 0.186 e. The Kier molecular flexibility index (Phi) is 5.41. The molecule has 1 N–H and O–H groups in total. The number of thiazole rings is 1. The molecule has 1 aliphatic rings. The van der Waals surface area contributed by atoms with E-state index < -0.39 is 0 Å². The zero-order chi connectivity index (χ0) is 14.7. The summed E-state index contributed by atoms with van der Waals surface area (Å²) in [5.41, 5.74) is 1.16. The molecule has 114 valence electrons. The molecular weight excluding hydrogens is 270 g/mol. The number of hydrogen-bond acceptors (Lipinski definition) is 5. The van der Waals surface area contributed by atoms with Gasteiger partial charge in [-0.2, -0.15) is 0 Å². The van der Waals surface area contributed by atoms with Crippen LogP contribution in [0.25, 0.3) is 0 Å². The molecule has 2 heterocycles. The average Bonchev–Trinajstić information content (AvgIpc) is 2.77. The van der Waals surface area contributed by atoms with E-state index >= 15 is 0 Å². The van der Waals surface area contributed by atoms with Gasteiger partial charge in [0.1, 0.15) is 0 Å². The van der Waals surface area contributed by atoms with Crippen LogP contribution in [0.5, 0.6) is 0 Å². The van der Waals surface area contributed by atoms with Crippen molar-refractivity contribution in [3.8, 4) is 0 Å². The quantitative estimate of drug-likeness (QED) is 0.906. The van der Waals surface area contributed by atoms with E-state index in [0.717, 1.165) is 36.9 Å². The summed E-state index contributed by atoms with van der Waals surface area (Å²) in [6.45, 7) is 13.7. The molecule has 0 aromatic carbocycles. The minimum Gasteiger partial charge on any atom is -0.372 e. The standard InChI is InChI=1S/C15H27N3OS/c1-6-7-16-12(4)14-13(5)17-15(20-14)18-8-10(2)19-11(3)9-18/h10-12,16H,6-9H2,1-5H3. The van der Waals surface area contributed by atoms with Crippen molar-refractivity contribution in [2.75, 3.05) is 24.5 Å². The second kappa shape index (κ2) is 6.87. The van der Waals surface area contributed by atoms with Gasteiger partial charge < -0.3 is 15.0 Å². The van der Waals surface area contributed by atoms with Crippen LogP contribution in [-0.4, -0.2) is 36.8 Å². The molecule has 0 aliphatic carbocycles.